The van der Waals surface area contributed by atoms with Gasteiger partial charge in [0.2, 0.25) is 0 Å². The standard InChI is InChI=1S/C5H5ClN2.2C2H6/c1-4-5(6)8-3-2-7-4;2*1-2/h2-3H,1H3;2*1-2H3. The van der Waals surface area contributed by atoms with Gasteiger partial charge in [-0.15, -0.1) is 0 Å². The van der Waals surface area contributed by atoms with Crippen molar-refractivity contribution in [3.63, 3.8) is 0 Å². The van der Waals surface area contributed by atoms with Gasteiger partial charge in [-0.3, -0.25) is 4.98 Å². The lowest BCUT2D eigenvalue weighted by Gasteiger charge is -1.89. The van der Waals surface area contributed by atoms with Gasteiger partial charge in [0.25, 0.3) is 0 Å². The van der Waals surface area contributed by atoms with Crippen LogP contribution >= 0.6 is 11.6 Å². The molecule has 12 heavy (non-hydrogen) atoms. The average Bonchev–Trinajstić information content (AvgIpc) is 2.17. The molecule has 2 nitrogen and oxygen atoms in total. The average molecular weight is 189 g/mol. The van der Waals surface area contributed by atoms with Crippen LogP contribution in [0.1, 0.15) is 33.4 Å². The summed E-state index contributed by atoms with van der Waals surface area (Å²) in [5, 5.41) is 0.479. The van der Waals surface area contributed by atoms with Crippen LogP contribution in [0.3, 0.4) is 0 Å². The first-order valence-electron chi connectivity index (χ1n) is 4.24. The molecule has 0 amide bonds. The predicted octanol–water partition coefficient (Wildman–Crippen LogP) is 3.49. The van der Waals surface area contributed by atoms with Crippen LogP contribution in [0.5, 0.6) is 0 Å². The number of nitrogens with zero attached hydrogens (tertiary/aromatic N) is 2. The molecular formula is C9H17ClN2. The molecule has 0 fully saturated rings. The summed E-state index contributed by atoms with van der Waals surface area (Å²) >= 11 is 5.54. The Morgan fingerprint density at radius 1 is 1.00 bits per heavy atom. The molecule has 1 heterocycles. The zero-order valence-electron chi connectivity index (χ0n) is 8.43. The molecule has 1 rings (SSSR count). The second kappa shape index (κ2) is 10.4. The van der Waals surface area contributed by atoms with E-state index in [1.165, 1.54) is 0 Å². The van der Waals surface area contributed by atoms with Crippen molar-refractivity contribution in [2.45, 2.75) is 34.6 Å². The van der Waals surface area contributed by atoms with Crippen LogP contribution in [-0.2, 0) is 0 Å². The number of halogens is 1. The third kappa shape index (κ3) is 6.10. The lowest BCUT2D eigenvalue weighted by atomic mass is 10.5. The van der Waals surface area contributed by atoms with Gasteiger partial charge in [-0.05, 0) is 6.92 Å². The highest BCUT2D eigenvalue weighted by molar-refractivity contribution is 6.29. The summed E-state index contributed by atoms with van der Waals surface area (Å²) in [6.07, 6.45) is 3.18. The van der Waals surface area contributed by atoms with Crippen LogP contribution in [0, 0.1) is 6.92 Å². The summed E-state index contributed by atoms with van der Waals surface area (Å²) in [4.78, 5) is 7.67. The van der Waals surface area contributed by atoms with E-state index >= 15 is 0 Å². The molecule has 0 bridgehead atoms. The Bertz CT molecular complexity index is 169. The van der Waals surface area contributed by atoms with E-state index in [0.29, 0.717) is 5.15 Å². The van der Waals surface area contributed by atoms with E-state index in [4.69, 9.17) is 11.6 Å². The summed E-state index contributed by atoms with van der Waals surface area (Å²) < 4.78 is 0. The minimum absolute atomic E-state index is 0.479. The van der Waals surface area contributed by atoms with Crippen LogP contribution in [-0.4, -0.2) is 9.97 Å². The van der Waals surface area contributed by atoms with E-state index in [1.54, 1.807) is 12.4 Å². The Morgan fingerprint density at radius 3 is 1.67 bits per heavy atom. The second-order valence-corrected chi connectivity index (χ2v) is 1.79. The fourth-order valence-electron chi connectivity index (χ4n) is 0.391. The van der Waals surface area contributed by atoms with Gasteiger partial charge in [0.05, 0.1) is 5.69 Å². The highest BCUT2D eigenvalue weighted by Crippen LogP contribution is 2.04. The Hall–Kier alpha value is -0.630. The third-order valence-corrected chi connectivity index (χ3v) is 1.19. The zero-order chi connectivity index (χ0) is 9.98. The van der Waals surface area contributed by atoms with Gasteiger partial charge in [0.1, 0.15) is 5.15 Å². The molecule has 0 unspecified atom stereocenters. The number of rotatable bonds is 0. The van der Waals surface area contributed by atoms with Crippen molar-refractivity contribution in [2.75, 3.05) is 0 Å². The van der Waals surface area contributed by atoms with Crippen LogP contribution in [0.15, 0.2) is 12.4 Å². The maximum Gasteiger partial charge on any atom is 0.150 e. The molecule has 0 aromatic carbocycles. The molecule has 0 atom stereocenters. The third-order valence-electron chi connectivity index (χ3n) is 0.821. The maximum absolute atomic E-state index is 5.54. The molecular weight excluding hydrogens is 172 g/mol. The molecule has 0 saturated heterocycles. The highest BCUT2D eigenvalue weighted by atomic mass is 35.5. The number of hydrogen-bond acceptors (Lipinski definition) is 2. The molecule has 0 spiro atoms. The molecule has 0 radical (unpaired) electrons. The van der Waals surface area contributed by atoms with Crippen molar-refractivity contribution >= 4 is 11.6 Å². The molecule has 0 aliphatic rings. The van der Waals surface area contributed by atoms with Gasteiger partial charge in [0.15, 0.2) is 0 Å². The van der Waals surface area contributed by atoms with Gasteiger partial charge in [-0.25, -0.2) is 4.98 Å². The van der Waals surface area contributed by atoms with E-state index < -0.39 is 0 Å². The summed E-state index contributed by atoms with van der Waals surface area (Å²) in [5.41, 5.74) is 0.772. The first kappa shape index (κ1) is 13.9. The summed E-state index contributed by atoms with van der Waals surface area (Å²) in [6, 6.07) is 0. The van der Waals surface area contributed by atoms with Gasteiger partial charge >= 0.3 is 0 Å². The summed E-state index contributed by atoms with van der Waals surface area (Å²) in [5.74, 6) is 0. The maximum atomic E-state index is 5.54. The summed E-state index contributed by atoms with van der Waals surface area (Å²) in [7, 11) is 0. The molecule has 70 valence electrons. The van der Waals surface area contributed by atoms with E-state index in [-0.39, 0.29) is 0 Å². The van der Waals surface area contributed by atoms with Crippen LogP contribution in [0.4, 0.5) is 0 Å². The minimum Gasteiger partial charge on any atom is -0.257 e. The first-order chi connectivity index (χ1) is 5.80. The summed E-state index contributed by atoms with van der Waals surface area (Å²) in [6.45, 7) is 9.81. The smallest absolute Gasteiger partial charge is 0.150 e. The number of aryl methyl sites for hydroxylation is 1. The quantitative estimate of drug-likeness (QED) is 0.623. The van der Waals surface area contributed by atoms with Crippen molar-refractivity contribution in [3.8, 4) is 0 Å². The molecule has 0 aliphatic heterocycles. The van der Waals surface area contributed by atoms with E-state index in [0.717, 1.165) is 5.69 Å². The van der Waals surface area contributed by atoms with Crippen molar-refractivity contribution in [2.24, 2.45) is 0 Å². The van der Waals surface area contributed by atoms with E-state index in [1.807, 2.05) is 34.6 Å². The normalized spacial score (nSPS) is 7.17. The fraction of sp³-hybridized carbons (Fsp3) is 0.556. The van der Waals surface area contributed by atoms with E-state index in [9.17, 15) is 0 Å². The van der Waals surface area contributed by atoms with Crippen molar-refractivity contribution in [3.05, 3.63) is 23.2 Å². The molecule has 1 aromatic rings. The molecule has 0 saturated carbocycles. The zero-order valence-corrected chi connectivity index (χ0v) is 9.18. The van der Waals surface area contributed by atoms with Gasteiger partial charge in [0, 0.05) is 12.4 Å². The Labute approximate surface area is 80.0 Å². The van der Waals surface area contributed by atoms with Crippen molar-refractivity contribution < 1.29 is 0 Å². The van der Waals surface area contributed by atoms with Crippen molar-refractivity contribution in [1.29, 1.82) is 0 Å². The SMILES string of the molecule is CC.CC.Cc1nccnc1Cl. The molecule has 3 heteroatoms. The minimum atomic E-state index is 0.479. The molecule has 1 aromatic heterocycles. The lowest BCUT2D eigenvalue weighted by Crippen LogP contribution is -1.82. The van der Waals surface area contributed by atoms with Gasteiger partial charge in [-0.1, -0.05) is 39.3 Å². The first-order valence-corrected chi connectivity index (χ1v) is 4.61. The number of hydrogen-bond donors (Lipinski definition) is 0. The number of aromatic nitrogens is 2. The van der Waals surface area contributed by atoms with E-state index in [2.05, 4.69) is 9.97 Å². The largest absolute Gasteiger partial charge is 0.257 e. The van der Waals surface area contributed by atoms with Gasteiger partial charge in [-0.2, -0.15) is 0 Å². The molecule has 0 N–H and O–H groups in total. The lowest BCUT2D eigenvalue weighted by molar-refractivity contribution is 1.12. The second-order valence-electron chi connectivity index (χ2n) is 1.43. The van der Waals surface area contributed by atoms with Crippen molar-refractivity contribution in [1.82, 2.24) is 9.97 Å². The highest BCUT2D eigenvalue weighted by Gasteiger charge is 1.90. The van der Waals surface area contributed by atoms with Crippen LogP contribution in [0.2, 0.25) is 5.15 Å². The molecule has 0 aliphatic carbocycles. The van der Waals surface area contributed by atoms with Crippen LogP contribution in [0.25, 0.3) is 0 Å². The Morgan fingerprint density at radius 2 is 1.42 bits per heavy atom. The Kier molecular flexibility index (Phi) is 12.0. The van der Waals surface area contributed by atoms with Gasteiger partial charge < -0.3 is 0 Å². The topological polar surface area (TPSA) is 25.8 Å². The fourth-order valence-corrected chi connectivity index (χ4v) is 0.496. The monoisotopic (exact) mass is 188 g/mol. The predicted molar refractivity (Wildman–Crippen MR) is 54.5 cm³/mol. The Balaban J connectivity index is 0. The van der Waals surface area contributed by atoms with Crippen LogP contribution < -0.4 is 0 Å².